The van der Waals surface area contributed by atoms with Crippen molar-refractivity contribution in [2.45, 2.75) is 44.1 Å². The molecule has 0 unspecified atom stereocenters. The molecule has 9 nitrogen and oxygen atoms in total. The molecule has 25 heavy (non-hydrogen) atoms. The fraction of sp³-hybridized carbons (Fsp3) is 0.533. The van der Waals surface area contributed by atoms with Crippen molar-refractivity contribution in [2.75, 3.05) is 13.2 Å². The third-order valence-electron chi connectivity index (χ3n) is 3.00. The highest BCUT2D eigenvalue weighted by Crippen LogP contribution is 2.22. The number of hydrogen-bond donors (Lipinski definition) is 1. The van der Waals surface area contributed by atoms with E-state index in [1.54, 1.807) is 20.8 Å². The van der Waals surface area contributed by atoms with E-state index in [9.17, 15) is 23.3 Å². The monoisotopic (exact) mass is 374 g/mol. The standard InChI is InChI=1S/C15H22N2O7S/c1-15(2,3)24-14(19)16(10-4-5-11-18)25(22,23)13-8-6-12(7-9-13)17(20)21/h6-9,18H,4-5,10-11H2,1-3H3. The SMILES string of the molecule is CC(C)(C)OC(=O)N(CCCCO)S(=O)(=O)c1ccc([N+](=O)[O-])cc1. The van der Waals surface area contributed by atoms with Gasteiger partial charge in [0.1, 0.15) is 5.60 Å². The summed E-state index contributed by atoms with van der Waals surface area (Å²) >= 11 is 0. The highest BCUT2D eigenvalue weighted by Gasteiger charge is 2.33. The van der Waals surface area contributed by atoms with Crippen molar-refractivity contribution < 1.29 is 28.0 Å². The third-order valence-corrected chi connectivity index (χ3v) is 4.78. The maximum Gasteiger partial charge on any atom is 0.424 e. The minimum Gasteiger partial charge on any atom is -0.443 e. The molecule has 0 fully saturated rings. The van der Waals surface area contributed by atoms with Crippen molar-refractivity contribution in [1.82, 2.24) is 4.31 Å². The third kappa shape index (κ3) is 5.98. The summed E-state index contributed by atoms with van der Waals surface area (Å²) in [7, 11) is -4.24. The number of unbranched alkanes of at least 4 members (excludes halogenated alkanes) is 1. The fourth-order valence-electron chi connectivity index (χ4n) is 1.86. The Hall–Kier alpha value is -2.20. The number of rotatable bonds is 7. The van der Waals surface area contributed by atoms with Gasteiger partial charge in [0.2, 0.25) is 0 Å². The molecule has 0 atom stereocenters. The Morgan fingerprint density at radius 2 is 1.80 bits per heavy atom. The van der Waals surface area contributed by atoms with Crippen molar-refractivity contribution in [3.8, 4) is 0 Å². The predicted molar refractivity (Wildman–Crippen MR) is 89.5 cm³/mol. The van der Waals surface area contributed by atoms with E-state index in [-0.39, 0.29) is 30.2 Å². The van der Waals surface area contributed by atoms with Gasteiger partial charge in [-0.3, -0.25) is 10.1 Å². The lowest BCUT2D eigenvalue weighted by Crippen LogP contribution is -2.41. The maximum absolute atomic E-state index is 12.7. The van der Waals surface area contributed by atoms with E-state index in [1.807, 2.05) is 0 Å². The van der Waals surface area contributed by atoms with Crippen LogP contribution in [0.15, 0.2) is 29.2 Å². The molecule has 0 saturated carbocycles. The zero-order chi connectivity index (χ0) is 19.3. The molecule has 1 rings (SSSR count). The molecule has 0 heterocycles. The van der Waals surface area contributed by atoms with Crippen LogP contribution in [-0.2, 0) is 14.8 Å². The highest BCUT2D eigenvalue weighted by molar-refractivity contribution is 7.89. The van der Waals surface area contributed by atoms with Crippen LogP contribution in [-0.4, -0.2) is 47.6 Å². The molecule has 1 aromatic rings. The molecular weight excluding hydrogens is 352 g/mol. The summed E-state index contributed by atoms with van der Waals surface area (Å²) in [5.41, 5.74) is -1.15. The predicted octanol–water partition coefficient (Wildman–Crippen LogP) is 2.29. The average Bonchev–Trinajstić information content (AvgIpc) is 2.49. The summed E-state index contributed by atoms with van der Waals surface area (Å²) < 4.78 is 31.2. The molecule has 0 aliphatic carbocycles. The number of hydrogen-bond acceptors (Lipinski definition) is 7. The zero-order valence-corrected chi connectivity index (χ0v) is 15.2. The quantitative estimate of drug-likeness (QED) is 0.440. The first-order chi connectivity index (χ1) is 11.5. The Kier molecular flexibility index (Phi) is 6.88. The molecule has 0 spiro atoms. The van der Waals surface area contributed by atoms with Crippen LogP contribution < -0.4 is 0 Å². The number of nitrogens with zero attached hydrogens (tertiary/aromatic N) is 2. The first kappa shape index (κ1) is 20.8. The fourth-order valence-corrected chi connectivity index (χ4v) is 3.19. The number of carbonyl (C=O) groups excluding carboxylic acids is 1. The molecule has 140 valence electrons. The van der Waals surface area contributed by atoms with E-state index in [0.29, 0.717) is 10.7 Å². The van der Waals surface area contributed by atoms with Crippen LogP contribution in [0.5, 0.6) is 0 Å². The molecule has 0 bridgehead atoms. The van der Waals surface area contributed by atoms with Crippen LogP contribution in [0, 0.1) is 10.1 Å². The van der Waals surface area contributed by atoms with Crippen molar-refractivity contribution in [2.24, 2.45) is 0 Å². The van der Waals surface area contributed by atoms with Gasteiger partial charge in [0.15, 0.2) is 0 Å². The Labute approximate surface area is 146 Å². The molecule has 1 N–H and O–H groups in total. The molecule has 10 heteroatoms. The van der Waals surface area contributed by atoms with Crippen LogP contribution in [0.4, 0.5) is 10.5 Å². The Balaban J connectivity index is 3.16. The lowest BCUT2D eigenvalue weighted by atomic mass is 10.2. The van der Waals surface area contributed by atoms with Crippen molar-refractivity contribution in [3.05, 3.63) is 34.4 Å². The van der Waals surface area contributed by atoms with Crippen LogP contribution in [0.3, 0.4) is 0 Å². The molecule has 1 aromatic carbocycles. The number of amides is 1. The van der Waals surface area contributed by atoms with Gasteiger partial charge in [0, 0.05) is 25.3 Å². The Morgan fingerprint density at radius 3 is 2.24 bits per heavy atom. The van der Waals surface area contributed by atoms with Crippen molar-refractivity contribution >= 4 is 21.8 Å². The second-order valence-corrected chi connectivity index (χ2v) is 8.10. The number of ether oxygens (including phenoxy) is 1. The van der Waals surface area contributed by atoms with Gasteiger partial charge in [0.25, 0.3) is 15.7 Å². The van der Waals surface area contributed by atoms with E-state index < -0.39 is 26.6 Å². The van der Waals surface area contributed by atoms with E-state index in [0.717, 1.165) is 24.3 Å². The van der Waals surface area contributed by atoms with E-state index in [4.69, 9.17) is 9.84 Å². The van der Waals surface area contributed by atoms with Gasteiger partial charge in [-0.25, -0.2) is 17.5 Å². The van der Waals surface area contributed by atoms with Crippen LogP contribution in [0.2, 0.25) is 0 Å². The minimum absolute atomic E-state index is 0.139. The largest absolute Gasteiger partial charge is 0.443 e. The topological polar surface area (TPSA) is 127 Å². The average molecular weight is 374 g/mol. The number of sulfonamides is 1. The lowest BCUT2D eigenvalue weighted by Gasteiger charge is -2.27. The maximum atomic E-state index is 12.7. The normalized spacial score (nSPS) is 11.8. The smallest absolute Gasteiger partial charge is 0.424 e. The van der Waals surface area contributed by atoms with Gasteiger partial charge >= 0.3 is 6.09 Å². The summed E-state index contributed by atoms with van der Waals surface area (Å²) in [6.07, 6.45) is -0.472. The molecule has 0 aromatic heterocycles. The van der Waals surface area contributed by atoms with Crippen LogP contribution >= 0.6 is 0 Å². The minimum atomic E-state index is -4.24. The summed E-state index contributed by atoms with van der Waals surface area (Å²) in [6.45, 7) is 4.51. The van der Waals surface area contributed by atoms with Gasteiger partial charge in [-0.2, -0.15) is 0 Å². The van der Waals surface area contributed by atoms with Gasteiger partial charge < -0.3 is 9.84 Å². The van der Waals surface area contributed by atoms with Gasteiger partial charge in [-0.05, 0) is 45.7 Å². The summed E-state index contributed by atoms with van der Waals surface area (Å²) in [5, 5.41) is 19.5. The number of aliphatic hydroxyl groups excluding tert-OH is 1. The van der Waals surface area contributed by atoms with Crippen LogP contribution in [0.25, 0.3) is 0 Å². The van der Waals surface area contributed by atoms with E-state index in [1.165, 1.54) is 0 Å². The second-order valence-electron chi connectivity index (χ2n) is 6.24. The molecular formula is C15H22N2O7S. The summed E-state index contributed by atoms with van der Waals surface area (Å²) in [6, 6.07) is 4.23. The first-order valence-corrected chi connectivity index (χ1v) is 9.04. The summed E-state index contributed by atoms with van der Waals surface area (Å²) in [4.78, 5) is 22.1. The lowest BCUT2D eigenvalue weighted by molar-refractivity contribution is -0.384. The molecule has 0 aliphatic heterocycles. The van der Waals surface area contributed by atoms with E-state index >= 15 is 0 Å². The number of aliphatic hydroxyl groups is 1. The molecule has 0 radical (unpaired) electrons. The van der Waals surface area contributed by atoms with Crippen molar-refractivity contribution in [3.63, 3.8) is 0 Å². The molecule has 0 saturated heterocycles. The summed E-state index contributed by atoms with van der Waals surface area (Å²) in [5.74, 6) is 0. The van der Waals surface area contributed by atoms with Gasteiger partial charge in [-0.15, -0.1) is 0 Å². The Bertz CT molecular complexity index is 708. The van der Waals surface area contributed by atoms with Gasteiger partial charge in [0.05, 0.1) is 9.82 Å². The first-order valence-electron chi connectivity index (χ1n) is 7.60. The number of benzene rings is 1. The molecule has 1 amide bonds. The number of nitro benzene ring substituents is 1. The highest BCUT2D eigenvalue weighted by atomic mass is 32.2. The zero-order valence-electron chi connectivity index (χ0n) is 14.3. The molecule has 0 aliphatic rings. The number of nitro groups is 1. The Morgan fingerprint density at radius 1 is 1.24 bits per heavy atom. The number of non-ortho nitro benzene ring substituents is 1. The number of carbonyl (C=O) groups is 1. The van der Waals surface area contributed by atoms with Crippen LogP contribution in [0.1, 0.15) is 33.6 Å². The van der Waals surface area contributed by atoms with E-state index in [2.05, 4.69) is 0 Å². The second kappa shape index (κ2) is 8.26. The van der Waals surface area contributed by atoms with Gasteiger partial charge in [-0.1, -0.05) is 0 Å². The van der Waals surface area contributed by atoms with Crippen molar-refractivity contribution in [1.29, 1.82) is 0 Å².